The number of fused-ring (bicyclic) bond motifs is 1. The van der Waals surface area contributed by atoms with Crippen molar-refractivity contribution in [2.24, 2.45) is 17.6 Å². The molecular weight excluding hydrogens is 316 g/mol. The molecule has 0 unspecified atom stereocenters. The van der Waals surface area contributed by atoms with E-state index in [1.807, 2.05) is 0 Å². The van der Waals surface area contributed by atoms with Crippen molar-refractivity contribution in [1.29, 1.82) is 0 Å². The fourth-order valence-electron chi connectivity index (χ4n) is 2.87. The highest BCUT2D eigenvalue weighted by Crippen LogP contribution is 2.40. The van der Waals surface area contributed by atoms with E-state index in [0.29, 0.717) is 5.69 Å². The van der Waals surface area contributed by atoms with E-state index in [9.17, 15) is 22.4 Å². The first kappa shape index (κ1) is 15.4. The molecule has 0 aromatic carbocycles. The number of nitrogens with two attached hydrogens (primary N) is 1. The van der Waals surface area contributed by atoms with Gasteiger partial charge in [0.15, 0.2) is 0 Å². The number of rotatable bonds is 2. The van der Waals surface area contributed by atoms with E-state index in [4.69, 9.17) is 5.73 Å². The lowest BCUT2D eigenvalue weighted by molar-refractivity contribution is -0.181. The van der Waals surface area contributed by atoms with Crippen LogP contribution in [0.4, 0.5) is 23.2 Å². The molecule has 1 aliphatic rings. The van der Waals surface area contributed by atoms with E-state index in [0.717, 1.165) is 12.3 Å². The molecule has 0 aliphatic carbocycles. The molecule has 122 valence electrons. The fraction of sp³-hybridized carbons (Fsp3) is 0.357. The molecule has 9 heteroatoms. The number of hydrogen-bond donors (Lipinski definition) is 1. The van der Waals surface area contributed by atoms with E-state index in [1.54, 1.807) is 0 Å². The molecule has 0 saturated carbocycles. The second-order valence-electron chi connectivity index (χ2n) is 5.41. The molecule has 2 atom stereocenters. The first-order valence-electron chi connectivity index (χ1n) is 6.78. The lowest BCUT2D eigenvalue weighted by Gasteiger charge is -2.20. The summed E-state index contributed by atoms with van der Waals surface area (Å²) in [7, 11) is 0. The monoisotopic (exact) mass is 328 g/mol. The van der Waals surface area contributed by atoms with Gasteiger partial charge in [-0.2, -0.15) is 13.2 Å². The Morgan fingerprint density at radius 2 is 2.04 bits per heavy atom. The standard InChI is InChI=1S/C14H12F4N4O/c15-7-3-10-12(21-4-7)11(1-2-20-10)22-5-8(13(19)23)9(6-22)14(16,17)18/h1-4,8-9H,5-6H2,(H2,19,23)/t8-,9-/m1/s1. The predicted octanol–water partition coefficient (Wildman–Crippen LogP) is 1.87. The summed E-state index contributed by atoms with van der Waals surface area (Å²) >= 11 is 0. The molecule has 1 amide bonds. The van der Waals surface area contributed by atoms with Gasteiger partial charge < -0.3 is 10.6 Å². The van der Waals surface area contributed by atoms with Gasteiger partial charge in [0.25, 0.3) is 0 Å². The van der Waals surface area contributed by atoms with E-state index in [-0.39, 0.29) is 17.6 Å². The number of aromatic nitrogens is 2. The molecule has 0 bridgehead atoms. The zero-order valence-corrected chi connectivity index (χ0v) is 11.7. The maximum atomic E-state index is 13.2. The van der Waals surface area contributed by atoms with Gasteiger partial charge in [0, 0.05) is 25.4 Å². The molecule has 2 N–H and O–H groups in total. The lowest BCUT2D eigenvalue weighted by Crippen LogP contribution is -2.37. The Bertz CT molecular complexity index is 764. The van der Waals surface area contributed by atoms with Crippen LogP contribution in [0, 0.1) is 17.7 Å². The SMILES string of the molecule is NC(=O)[C@@H]1CN(c2ccnc3cc(F)cnc23)C[C@H]1C(F)(F)F. The quantitative estimate of drug-likeness (QED) is 0.854. The normalized spacial score (nSPS) is 21.8. The Morgan fingerprint density at radius 3 is 2.65 bits per heavy atom. The molecule has 3 rings (SSSR count). The smallest absolute Gasteiger partial charge is 0.369 e. The minimum atomic E-state index is -4.53. The highest BCUT2D eigenvalue weighted by Gasteiger charge is 2.52. The number of hydrogen-bond acceptors (Lipinski definition) is 4. The summed E-state index contributed by atoms with van der Waals surface area (Å²) in [6.45, 7) is -0.576. The maximum Gasteiger partial charge on any atom is 0.394 e. The molecule has 2 aromatic rings. The first-order chi connectivity index (χ1) is 10.8. The topological polar surface area (TPSA) is 72.1 Å². The van der Waals surface area contributed by atoms with Gasteiger partial charge >= 0.3 is 6.18 Å². The van der Waals surface area contributed by atoms with Crippen LogP contribution in [-0.2, 0) is 4.79 Å². The Labute approximate surface area is 128 Å². The van der Waals surface area contributed by atoms with E-state index in [2.05, 4.69) is 9.97 Å². The Balaban J connectivity index is 2.02. The van der Waals surface area contributed by atoms with Crippen molar-refractivity contribution in [3.63, 3.8) is 0 Å². The summed E-state index contributed by atoms with van der Waals surface area (Å²) in [4.78, 5) is 20.6. The molecule has 1 fully saturated rings. The van der Waals surface area contributed by atoms with Crippen molar-refractivity contribution in [3.8, 4) is 0 Å². The number of halogens is 4. The number of pyridine rings is 2. The number of primary amides is 1. The summed E-state index contributed by atoms with van der Waals surface area (Å²) in [5, 5.41) is 0. The Morgan fingerprint density at radius 1 is 1.30 bits per heavy atom. The highest BCUT2D eigenvalue weighted by molar-refractivity contribution is 5.88. The second kappa shape index (κ2) is 5.32. The van der Waals surface area contributed by atoms with E-state index >= 15 is 0 Å². The van der Waals surface area contributed by atoms with Gasteiger partial charge in [-0.3, -0.25) is 9.78 Å². The van der Waals surface area contributed by atoms with Gasteiger partial charge in [-0.1, -0.05) is 0 Å². The average Bonchev–Trinajstić information content (AvgIpc) is 2.91. The summed E-state index contributed by atoms with van der Waals surface area (Å²) < 4.78 is 52.6. The van der Waals surface area contributed by atoms with E-state index in [1.165, 1.54) is 17.2 Å². The zero-order chi connectivity index (χ0) is 16.8. The average molecular weight is 328 g/mol. The fourth-order valence-corrected chi connectivity index (χ4v) is 2.87. The van der Waals surface area contributed by atoms with Crippen molar-refractivity contribution in [2.75, 3.05) is 18.0 Å². The van der Waals surface area contributed by atoms with Gasteiger partial charge in [0.05, 0.1) is 29.2 Å². The van der Waals surface area contributed by atoms with Gasteiger partial charge in [-0.05, 0) is 6.07 Å². The molecule has 23 heavy (non-hydrogen) atoms. The van der Waals surface area contributed by atoms with Crippen LogP contribution in [0.25, 0.3) is 11.0 Å². The maximum absolute atomic E-state index is 13.2. The van der Waals surface area contributed by atoms with Crippen LogP contribution >= 0.6 is 0 Å². The van der Waals surface area contributed by atoms with Crippen LogP contribution in [0.15, 0.2) is 24.5 Å². The Kier molecular flexibility index (Phi) is 3.57. The number of amides is 1. The molecule has 3 heterocycles. The minimum absolute atomic E-state index is 0.169. The van der Waals surface area contributed by atoms with Crippen LogP contribution in [0.1, 0.15) is 0 Å². The van der Waals surface area contributed by atoms with Gasteiger partial charge in [-0.25, -0.2) is 9.37 Å². The summed E-state index contributed by atoms with van der Waals surface area (Å²) in [5.41, 5.74) is 5.99. The van der Waals surface area contributed by atoms with Crippen molar-refractivity contribution < 1.29 is 22.4 Å². The summed E-state index contributed by atoms with van der Waals surface area (Å²) in [6, 6.07) is 2.64. The number of carbonyl (C=O) groups is 1. The zero-order valence-electron chi connectivity index (χ0n) is 11.7. The first-order valence-corrected chi connectivity index (χ1v) is 6.78. The van der Waals surface area contributed by atoms with Crippen LogP contribution in [0.2, 0.25) is 0 Å². The molecule has 5 nitrogen and oxygen atoms in total. The van der Waals surface area contributed by atoms with Crippen molar-refractivity contribution in [1.82, 2.24) is 9.97 Å². The summed E-state index contributed by atoms with van der Waals surface area (Å²) in [6.07, 6.45) is -2.20. The largest absolute Gasteiger partial charge is 0.394 e. The van der Waals surface area contributed by atoms with Crippen LogP contribution in [0.3, 0.4) is 0 Å². The minimum Gasteiger partial charge on any atom is -0.369 e. The van der Waals surface area contributed by atoms with E-state index < -0.39 is 36.3 Å². The highest BCUT2D eigenvalue weighted by atomic mass is 19.4. The van der Waals surface area contributed by atoms with Crippen molar-refractivity contribution >= 4 is 22.6 Å². The number of nitrogens with zero attached hydrogens (tertiary/aromatic N) is 3. The molecule has 0 spiro atoms. The van der Waals surface area contributed by atoms with Gasteiger partial charge in [0.2, 0.25) is 5.91 Å². The predicted molar refractivity (Wildman–Crippen MR) is 73.9 cm³/mol. The molecule has 0 radical (unpaired) electrons. The van der Waals surface area contributed by atoms with Gasteiger partial charge in [0.1, 0.15) is 11.3 Å². The Hall–Kier alpha value is -2.45. The second-order valence-corrected chi connectivity index (χ2v) is 5.41. The third kappa shape index (κ3) is 2.78. The number of carbonyl (C=O) groups excluding carboxylic acids is 1. The molecule has 1 saturated heterocycles. The van der Waals surface area contributed by atoms with Crippen LogP contribution < -0.4 is 10.6 Å². The molecular formula is C14H12F4N4O. The molecule has 1 aliphatic heterocycles. The van der Waals surface area contributed by atoms with Crippen molar-refractivity contribution in [2.45, 2.75) is 6.18 Å². The summed E-state index contributed by atoms with van der Waals surface area (Å²) in [5.74, 6) is -4.76. The van der Waals surface area contributed by atoms with Crippen LogP contribution in [0.5, 0.6) is 0 Å². The van der Waals surface area contributed by atoms with Crippen molar-refractivity contribution in [3.05, 3.63) is 30.3 Å². The third-order valence-corrected chi connectivity index (χ3v) is 3.97. The van der Waals surface area contributed by atoms with Gasteiger partial charge in [-0.15, -0.1) is 0 Å². The molecule has 2 aromatic heterocycles. The number of alkyl halides is 3. The number of anilines is 1. The lowest BCUT2D eigenvalue weighted by atomic mass is 9.95. The third-order valence-electron chi connectivity index (χ3n) is 3.97. The van der Waals surface area contributed by atoms with Crippen LogP contribution in [-0.4, -0.2) is 35.1 Å².